The first-order valence-corrected chi connectivity index (χ1v) is 6.26. The molecular formula is C13H14N6. The molecule has 3 rings (SSSR count). The Kier molecular flexibility index (Phi) is 3.06. The fourth-order valence-corrected chi connectivity index (χ4v) is 1.83. The highest BCUT2D eigenvalue weighted by molar-refractivity contribution is 5.75. The summed E-state index contributed by atoms with van der Waals surface area (Å²) in [5.41, 5.74) is 1.78. The van der Waals surface area contributed by atoms with E-state index in [4.69, 9.17) is 0 Å². The molecule has 0 saturated carbocycles. The summed E-state index contributed by atoms with van der Waals surface area (Å²) in [5.74, 6) is 1.32. The second-order valence-corrected chi connectivity index (χ2v) is 4.16. The van der Waals surface area contributed by atoms with Crippen LogP contribution in [0, 0.1) is 0 Å². The van der Waals surface area contributed by atoms with Crippen LogP contribution in [0.3, 0.4) is 0 Å². The van der Waals surface area contributed by atoms with Gasteiger partial charge in [0.1, 0.15) is 5.52 Å². The molecule has 2 heterocycles. The zero-order chi connectivity index (χ0) is 13.1. The number of para-hydroxylation sites is 1. The number of hydrogen-bond donors (Lipinski definition) is 1. The Balaban J connectivity index is 2.01. The van der Waals surface area contributed by atoms with Crippen molar-refractivity contribution in [1.82, 2.24) is 25.0 Å². The quantitative estimate of drug-likeness (QED) is 0.771. The van der Waals surface area contributed by atoms with Crippen molar-refractivity contribution in [3.05, 3.63) is 36.5 Å². The second kappa shape index (κ2) is 5.01. The molecule has 0 aliphatic carbocycles. The lowest BCUT2D eigenvalue weighted by atomic mass is 10.3. The van der Waals surface area contributed by atoms with E-state index in [2.05, 4.69) is 32.5 Å². The molecule has 1 aromatic carbocycles. The lowest BCUT2D eigenvalue weighted by Crippen LogP contribution is -2.07. The van der Waals surface area contributed by atoms with Crippen LogP contribution in [0.15, 0.2) is 36.5 Å². The van der Waals surface area contributed by atoms with Gasteiger partial charge in [-0.2, -0.15) is 9.67 Å². The summed E-state index contributed by atoms with van der Waals surface area (Å²) in [7, 11) is 0. The van der Waals surface area contributed by atoms with Gasteiger partial charge in [-0.25, -0.2) is 4.98 Å². The van der Waals surface area contributed by atoms with E-state index in [0.29, 0.717) is 11.8 Å². The van der Waals surface area contributed by atoms with E-state index in [9.17, 15) is 0 Å². The van der Waals surface area contributed by atoms with Crippen LogP contribution in [0.2, 0.25) is 0 Å². The number of anilines is 1. The van der Waals surface area contributed by atoms with Crippen LogP contribution in [0.5, 0.6) is 0 Å². The lowest BCUT2D eigenvalue weighted by molar-refractivity contribution is 0.796. The zero-order valence-corrected chi connectivity index (χ0v) is 10.6. The molecule has 0 radical (unpaired) electrons. The minimum Gasteiger partial charge on any atom is -0.354 e. The molecule has 3 aromatic rings. The van der Waals surface area contributed by atoms with E-state index < -0.39 is 0 Å². The van der Waals surface area contributed by atoms with Gasteiger partial charge in [-0.15, -0.1) is 5.10 Å². The van der Waals surface area contributed by atoms with Crippen molar-refractivity contribution in [2.45, 2.75) is 13.3 Å². The Bertz CT molecular complexity index is 690. The SMILES string of the molecule is CCCNc1nccc(-n2nnc3ccccc32)n1. The third-order valence-electron chi connectivity index (χ3n) is 2.74. The molecule has 19 heavy (non-hydrogen) atoms. The molecule has 6 nitrogen and oxygen atoms in total. The number of benzene rings is 1. The maximum Gasteiger partial charge on any atom is 0.224 e. The van der Waals surface area contributed by atoms with Crippen LogP contribution in [-0.2, 0) is 0 Å². The number of nitrogens with one attached hydrogen (secondary N) is 1. The Morgan fingerprint density at radius 3 is 3.00 bits per heavy atom. The van der Waals surface area contributed by atoms with E-state index in [-0.39, 0.29) is 0 Å². The fraction of sp³-hybridized carbons (Fsp3) is 0.231. The van der Waals surface area contributed by atoms with Crippen LogP contribution in [0.25, 0.3) is 16.9 Å². The molecule has 0 spiro atoms. The molecule has 0 aliphatic heterocycles. The summed E-state index contributed by atoms with van der Waals surface area (Å²) in [6.07, 6.45) is 2.75. The van der Waals surface area contributed by atoms with Crippen molar-refractivity contribution in [3.63, 3.8) is 0 Å². The molecule has 0 bridgehead atoms. The minimum atomic E-state index is 0.610. The molecule has 1 N–H and O–H groups in total. The van der Waals surface area contributed by atoms with Gasteiger partial charge in [-0.3, -0.25) is 0 Å². The Labute approximate surface area is 110 Å². The summed E-state index contributed by atoms with van der Waals surface area (Å²) in [6.45, 7) is 2.95. The average molecular weight is 254 g/mol. The molecular weight excluding hydrogens is 240 g/mol. The Morgan fingerprint density at radius 2 is 2.11 bits per heavy atom. The van der Waals surface area contributed by atoms with E-state index in [0.717, 1.165) is 24.0 Å². The summed E-state index contributed by atoms with van der Waals surface area (Å²) < 4.78 is 1.72. The number of aromatic nitrogens is 5. The molecule has 0 unspecified atom stereocenters. The summed E-state index contributed by atoms with van der Waals surface area (Å²) >= 11 is 0. The van der Waals surface area contributed by atoms with E-state index in [1.165, 1.54) is 0 Å². The molecule has 0 saturated heterocycles. The van der Waals surface area contributed by atoms with Gasteiger partial charge in [0.2, 0.25) is 5.95 Å². The van der Waals surface area contributed by atoms with Crippen molar-refractivity contribution in [2.75, 3.05) is 11.9 Å². The number of nitrogens with zero attached hydrogens (tertiary/aromatic N) is 5. The zero-order valence-electron chi connectivity index (χ0n) is 10.6. The van der Waals surface area contributed by atoms with Crippen molar-refractivity contribution >= 4 is 17.0 Å². The van der Waals surface area contributed by atoms with E-state index in [1.54, 1.807) is 10.9 Å². The number of rotatable bonds is 4. The van der Waals surface area contributed by atoms with Gasteiger partial charge >= 0.3 is 0 Å². The van der Waals surface area contributed by atoms with Gasteiger partial charge in [0.15, 0.2) is 5.82 Å². The molecule has 0 atom stereocenters. The van der Waals surface area contributed by atoms with Gasteiger partial charge in [0.05, 0.1) is 5.52 Å². The van der Waals surface area contributed by atoms with Gasteiger partial charge in [-0.1, -0.05) is 24.3 Å². The Hall–Kier alpha value is -2.50. The first kappa shape index (κ1) is 11.6. The first-order valence-electron chi connectivity index (χ1n) is 6.26. The smallest absolute Gasteiger partial charge is 0.224 e. The average Bonchev–Trinajstić information content (AvgIpc) is 2.89. The fourth-order valence-electron chi connectivity index (χ4n) is 1.83. The summed E-state index contributed by atoms with van der Waals surface area (Å²) in [5, 5.41) is 11.4. The van der Waals surface area contributed by atoms with Crippen molar-refractivity contribution < 1.29 is 0 Å². The topological polar surface area (TPSA) is 68.5 Å². The van der Waals surface area contributed by atoms with Gasteiger partial charge in [-0.05, 0) is 18.6 Å². The molecule has 0 amide bonds. The lowest BCUT2D eigenvalue weighted by Gasteiger charge is -2.05. The maximum absolute atomic E-state index is 4.44. The predicted octanol–water partition coefficient (Wildman–Crippen LogP) is 2.03. The standard InChI is InChI=1S/C13H14N6/c1-2-8-14-13-15-9-7-12(16-13)19-11-6-4-3-5-10(11)17-18-19/h3-7,9H,2,8H2,1H3,(H,14,15,16). The van der Waals surface area contributed by atoms with Crippen molar-refractivity contribution in [1.29, 1.82) is 0 Å². The molecule has 0 aliphatic rings. The van der Waals surface area contributed by atoms with Crippen LogP contribution in [-0.4, -0.2) is 31.5 Å². The third-order valence-corrected chi connectivity index (χ3v) is 2.74. The highest BCUT2D eigenvalue weighted by atomic mass is 15.4. The normalized spacial score (nSPS) is 10.8. The van der Waals surface area contributed by atoms with Crippen molar-refractivity contribution in [2.24, 2.45) is 0 Å². The third kappa shape index (κ3) is 2.24. The van der Waals surface area contributed by atoms with Gasteiger partial charge in [0, 0.05) is 18.8 Å². The van der Waals surface area contributed by atoms with E-state index in [1.807, 2.05) is 30.3 Å². The highest BCUT2D eigenvalue weighted by Crippen LogP contribution is 2.14. The minimum absolute atomic E-state index is 0.610. The largest absolute Gasteiger partial charge is 0.354 e. The summed E-state index contributed by atoms with van der Waals surface area (Å²) in [4.78, 5) is 8.62. The highest BCUT2D eigenvalue weighted by Gasteiger charge is 2.07. The van der Waals surface area contributed by atoms with E-state index >= 15 is 0 Å². The number of fused-ring (bicyclic) bond motifs is 1. The molecule has 96 valence electrons. The molecule has 2 aromatic heterocycles. The molecule has 0 fully saturated rings. The second-order valence-electron chi connectivity index (χ2n) is 4.16. The number of hydrogen-bond acceptors (Lipinski definition) is 5. The Morgan fingerprint density at radius 1 is 1.21 bits per heavy atom. The predicted molar refractivity (Wildman–Crippen MR) is 73.2 cm³/mol. The van der Waals surface area contributed by atoms with Crippen LogP contribution >= 0.6 is 0 Å². The van der Waals surface area contributed by atoms with Crippen LogP contribution < -0.4 is 5.32 Å². The van der Waals surface area contributed by atoms with Crippen LogP contribution in [0.4, 0.5) is 5.95 Å². The van der Waals surface area contributed by atoms with Crippen LogP contribution in [0.1, 0.15) is 13.3 Å². The van der Waals surface area contributed by atoms with Gasteiger partial charge in [0.25, 0.3) is 0 Å². The van der Waals surface area contributed by atoms with Crippen molar-refractivity contribution in [3.8, 4) is 5.82 Å². The maximum atomic E-state index is 4.44. The first-order chi connectivity index (χ1) is 9.38. The summed E-state index contributed by atoms with van der Waals surface area (Å²) in [6, 6.07) is 9.61. The van der Waals surface area contributed by atoms with Gasteiger partial charge < -0.3 is 5.32 Å². The molecule has 6 heteroatoms. The monoisotopic (exact) mass is 254 g/mol.